The van der Waals surface area contributed by atoms with E-state index in [1.54, 1.807) is 19.0 Å². The second-order valence-electron chi connectivity index (χ2n) is 9.18. The van der Waals surface area contributed by atoms with E-state index in [0.717, 1.165) is 43.2 Å². The second kappa shape index (κ2) is 11.6. The number of amides is 1. The average molecular weight is 505 g/mol. The van der Waals surface area contributed by atoms with Gasteiger partial charge in [-0.3, -0.25) is 4.79 Å². The number of rotatable bonds is 7. The van der Waals surface area contributed by atoms with Crippen LogP contribution in [0.2, 0.25) is 0 Å². The first-order valence-corrected chi connectivity index (χ1v) is 11.0. The molecular formula is C21H40IN5O. The van der Waals surface area contributed by atoms with Crippen LogP contribution in [-0.2, 0) is 4.79 Å². The lowest BCUT2D eigenvalue weighted by atomic mass is 9.95. The quantitative estimate of drug-likeness (QED) is 0.242. The van der Waals surface area contributed by atoms with Crippen LogP contribution in [0.1, 0.15) is 51.9 Å². The van der Waals surface area contributed by atoms with Crippen LogP contribution in [0.25, 0.3) is 0 Å². The number of carbonyl (C=O) groups is 1. The number of guanidine groups is 1. The molecule has 3 atom stereocenters. The first kappa shape index (κ1) is 23.7. The van der Waals surface area contributed by atoms with E-state index in [-0.39, 0.29) is 36.4 Å². The lowest BCUT2D eigenvalue weighted by Crippen LogP contribution is -2.46. The molecule has 1 heterocycles. The highest BCUT2D eigenvalue weighted by atomic mass is 127. The van der Waals surface area contributed by atoms with Gasteiger partial charge in [0.1, 0.15) is 6.54 Å². The van der Waals surface area contributed by atoms with E-state index in [4.69, 9.17) is 0 Å². The molecule has 0 spiro atoms. The molecule has 2 aliphatic carbocycles. The van der Waals surface area contributed by atoms with Crippen LogP contribution in [0, 0.1) is 17.8 Å². The maximum atomic E-state index is 11.9. The molecule has 1 aliphatic heterocycles. The van der Waals surface area contributed by atoms with Crippen LogP contribution in [0.15, 0.2) is 4.99 Å². The number of likely N-dealkylation sites (N-methyl/N-ethyl adjacent to an activating group) is 1. The predicted molar refractivity (Wildman–Crippen MR) is 126 cm³/mol. The van der Waals surface area contributed by atoms with Crippen LogP contribution in [-0.4, -0.2) is 74.5 Å². The van der Waals surface area contributed by atoms with Crippen LogP contribution < -0.4 is 10.6 Å². The summed E-state index contributed by atoms with van der Waals surface area (Å²) < 4.78 is 0. The first-order chi connectivity index (χ1) is 13.0. The van der Waals surface area contributed by atoms with Crippen molar-refractivity contribution in [3.8, 4) is 0 Å². The number of likely N-dealkylation sites (tertiary alicyclic amines) is 1. The number of hydrogen-bond donors (Lipinski definition) is 2. The number of hydrogen-bond acceptors (Lipinski definition) is 3. The Labute approximate surface area is 188 Å². The lowest BCUT2D eigenvalue weighted by molar-refractivity contribution is -0.127. The fraction of sp³-hybridized carbons (Fsp3) is 0.905. The summed E-state index contributed by atoms with van der Waals surface area (Å²) in [6.07, 6.45) is 9.16. The van der Waals surface area contributed by atoms with Crippen molar-refractivity contribution in [2.45, 2.75) is 57.9 Å². The summed E-state index contributed by atoms with van der Waals surface area (Å²) in [5, 5.41) is 7.13. The van der Waals surface area contributed by atoms with Gasteiger partial charge in [0.25, 0.3) is 0 Å². The van der Waals surface area contributed by atoms with Crippen molar-refractivity contribution in [3.05, 3.63) is 0 Å². The van der Waals surface area contributed by atoms with Crippen molar-refractivity contribution in [2.75, 3.05) is 46.8 Å². The van der Waals surface area contributed by atoms with Gasteiger partial charge in [0.2, 0.25) is 5.91 Å². The van der Waals surface area contributed by atoms with E-state index in [2.05, 4.69) is 27.4 Å². The zero-order valence-corrected chi connectivity index (χ0v) is 20.3. The molecule has 0 aromatic carbocycles. The van der Waals surface area contributed by atoms with Crippen molar-refractivity contribution in [3.63, 3.8) is 0 Å². The molecule has 0 aromatic rings. The molecule has 162 valence electrons. The highest BCUT2D eigenvalue weighted by molar-refractivity contribution is 14.0. The normalized spacial score (nSPS) is 28.1. The zero-order chi connectivity index (χ0) is 19.2. The predicted octanol–water partition coefficient (Wildman–Crippen LogP) is 2.54. The summed E-state index contributed by atoms with van der Waals surface area (Å²) >= 11 is 0. The van der Waals surface area contributed by atoms with E-state index in [1.165, 1.54) is 51.6 Å². The SMILES string of the molecule is CC1CCN(CCCNC(=NCC(=O)N(C)C)NC2CC3CCC2C3)CC1.I. The third kappa shape index (κ3) is 7.04. The minimum atomic E-state index is 0. The van der Waals surface area contributed by atoms with E-state index >= 15 is 0 Å². The number of nitrogens with one attached hydrogen (secondary N) is 2. The number of nitrogens with zero attached hydrogens (tertiary/aromatic N) is 3. The number of carbonyl (C=O) groups excluding carboxylic acids is 1. The summed E-state index contributed by atoms with van der Waals surface area (Å²) in [6, 6.07) is 0.535. The summed E-state index contributed by atoms with van der Waals surface area (Å²) in [6.45, 7) is 7.11. The van der Waals surface area contributed by atoms with Gasteiger partial charge in [0.15, 0.2) is 5.96 Å². The molecule has 6 nitrogen and oxygen atoms in total. The fourth-order valence-electron chi connectivity index (χ4n) is 4.83. The van der Waals surface area contributed by atoms with E-state index in [9.17, 15) is 4.79 Å². The third-order valence-electron chi connectivity index (χ3n) is 6.75. The Morgan fingerprint density at radius 1 is 1.14 bits per heavy atom. The van der Waals surface area contributed by atoms with Gasteiger partial charge >= 0.3 is 0 Å². The smallest absolute Gasteiger partial charge is 0.243 e. The highest BCUT2D eigenvalue weighted by Gasteiger charge is 2.39. The van der Waals surface area contributed by atoms with Crippen molar-refractivity contribution in [2.24, 2.45) is 22.7 Å². The molecule has 1 amide bonds. The molecule has 0 aromatic heterocycles. The minimum Gasteiger partial charge on any atom is -0.356 e. The maximum Gasteiger partial charge on any atom is 0.243 e. The van der Waals surface area contributed by atoms with Gasteiger partial charge in [0, 0.05) is 26.7 Å². The molecule has 3 unspecified atom stereocenters. The summed E-state index contributed by atoms with van der Waals surface area (Å²) in [5.41, 5.74) is 0. The second-order valence-corrected chi connectivity index (χ2v) is 9.18. The Morgan fingerprint density at radius 2 is 1.89 bits per heavy atom. The van der Waals surface area contributed by atoms with Crippen LogP contribution in [0.5, 0.6) is 0 Å². The largest absolute Gasteiger partial charge is 0.356 e. The van der Waals surface area contributed by atoms with Gasteiger partial charge in [-0.1, -0.05) is 13.3 Å². The van der Waals surface area contributed by atoms with Crippen molar-refractivity contribution < 1.29 is 4.79 Å². The van der Waals surface area contributed by atoms with Crippen LogP contribution in [0.4, 0.5) is 0 Å². The molecule has 0 radical (unpaired) electrons. The average Bonchev–Trinajstić information content (AvgIpc) is 3.27. The van der Waals surface area contributed by atoms with E-state index in [0.29, 0.717) is 6.04 Å². The van der Waals surface area contributed by atoms with Crippen molar-refractivity contribution >= 4 is 35.8 Å². The third-order valence-corrected chi connectivity index (χ3v) is 6.75. The molecule has 28 heavy (non-hydrogen) atoms. The minimum absolute atomic E-state index is 0. The van der Waals surface area contributed by atoms with E-state index in [1.807, 2.05) is 0 Å². The van der Waals surface area contributed by atoms with Crippen LogP contribution >= 0.6 is 24.0 Å². The standard InChI is InChI=1S/C21H39N5O.HI/c1-16-7-11-26(12-8-16)10-4-9-22-21(23-15-20(27)25(2)3)24-19-14-17-5-6-18(19)13-17;/h16-19H,4-15H2,1-3H3,(H2,22,23,24);1H. The monoisotopic (exact) mass is 505 g/mol. The molecule has 1 saturated heterocycles. The number of fused-ring (bicyclic) bond motifs is 2. The van der Waals surface area contributed by atoms with Gasteiger partial charge in [0.05, 0.1) is 0 Å². The Morgan fingerprint density at radius 3 is 2.50 bits per heavy atom. The Balaban J connectivity index is 0.00000280. The molecule has 2 saturated carbocycles. The maximum absolute atomic E-state index is 11.9. The molecule has 3 aliphatic rings. The van der Waals surface area contributed by atoms with E-state index < -0.39 is 0 Å². The topological polar surface area (TPSA) is 60.0 Å². The van der Waals surface area contributed by atoms with Gasteiger partial charge in [-0.2, -0.15) is 0 Å². The number of piperidine rings is 1. The fourth-order valence-corrected chi connectivity index (χ4v) is 4.83. The Bertz CT molecular complexity index is 519. The van der Waals surface area contributed by atoms with Crippen molar-refractivity contribution in [1.82, 2.24) is 20.4 Å². The zero-order valence-electron chi connectivity index (χ0n) is 18.0. The van der Waals surface area contributed by atoms with Gasteiger partial charge in [-0.15, -0.1) is 24.0 Å². The molecule has 2 bridgehead atoms. The van der Waals surface area contributed by atoms with Crippen molar-refractivity contribution in [1.29, 1.82) is 0 Å². The van der Waals surface area contributed by atoms with Gasteiger partial charge < -0.3 is 20.4 Å². The first-order valence-electron chi connectivity index (χ1n) is 11.0. The van der Waals surface area contributed by atoms with Gasteiger partial charge in [-0.25, -0.2) is 4.99 Å². The van der Waals surface area contributed by atoms with Gasteiger partial charge in [-0.05, 0) is 75.9 Å². The number of halogens is 1. The Kier molecular flexibility index (Phi) is 9.80. The molecule has 7 heteroatoms. The molecule has 3 rings (SSSR count). The van der Waals surface area contributed by atoms with Crippen LogP contribution in [0.3, 0.4) is 0 Å². The molecular weight excluding hydrogens is 465 g/mol. The lowest BCUT2D eigenvalue weighted by Gasteiger charge is -2.30. The summed E-state index contributed by atoms with van der Waals surface area (Å²) in [7, 11) is 3.57. The Hall–Kier alpha value is -0.570. The molecule has 3 fully saturated rings. The molecule has 2 N–H and O–H groups in total. The summed E-state index contributed by atoms with van der Waals surface area (Å²) in [4.78, 5) is 20.7. The highest BCUT2D eigenvalue weighted by Crippen LogP contribution is 2.44. The summed E-state index contributed by atoms with van der Waals surface area (Å²) in [5.74, 6) is 3.46. The number of aliphatic imine (C=N–C) groups is 1.